The Morgan fingerprint density at radius 1 is 1.07 bits per heavy atom. The SMILES string of the molecule is C[C@@H](NC(=O)CCc1ccc(S(=O)(=O)N2CCCCC2)cc1)c1ccccc1F. The van der Waals surface area contributed by atoms with Crippen LogP contribution < -0.4 is 5.32 Å². The Morgan fingerprint density at radius 3 is 2.38 bits per heavy atom. The molecule has 0 spiro atoms. The molecule has 7 heteroatoms. The number of halogens is 1. The van der Waals surface area contributed by atoms with Crippen molar-refractivity contribution in [1.82, 2.24) is 9.62 Å². The van der Waals surface area contributed by atoms with Crippen molar-refractivity contribution in [3.8, 4) is 0 Å². The van der Waals surface area contributed by atoms with Gasteiger partial charge in [-0.3, -0.25) is 4.79 Å². The lowest BCUT2D eigenvalue weighted by Gasteiger charge is -2.25. The molecule has 0 unspecified atom stereocenters. The molecule has 1 fully saturated rings. The molecule has 156 valence electrons. The first kappa shape index (κ1) is 21.5. The Bertz CT molecular complexity index is 939. The quantitative estimate of drug-likeness (QED) is 0.744. The maximum Gasteiger partial charge on any atom is 0.243 e. The highest BCUT2D eigenvalue weighted by molar-refractivity contribution is 7.89. The molecule has 0 bridgehead atoms. The summed E-state index contributed by atoms with van der Waals surface area (Å²) in [4.78, 5) is 12.5. The first-order valence-corrected chi connectivity index (χ1v) is 11.4. The molecule has 1 amide bonds. The summed E-state index contributed by atoms with van der Waals surface area (Å²) in [6.07, 6.45) is 3.61. The number of nitrogens with zero attached hydrogens (tertiary/aromatic N) is 1. The summed E-state index contributed by atoms with van der Waals surface area (Å²) < 4.78 is 40.7. The summed E-state index contributed by atoms with van der Waals surface area (Å²) in [5, 5.41) is 2.80. The molecule has 1 aliphatic rings. The van der Waals surface area contributed by atoms with Crippen LogP contribution in [0.15, 0.2) is 53.4 Å². The molecule has 1 saturated heterocycles. The number of carbonyl (C=O) groups excluding carboxylic acids is 1. The van der Waals surface area contributed by atoms with E-state index in [2.05, 4.69) is 5.32 Å². The van der Waals surface area contributed by atoms with Gasteiger partial charge in [-0.2, -0.15) is 4.31 Å². The highest BCUT2D eigenvalue weighted by atomic mass is 32.2. The van der Waals surface area contributed by atoms with E-state index in [9.17, 15) is 17.6 Å². The van der Waals surface area contributed by atoms with Crippen LogP contribution in [0.3, 0.4) is 0 Å². The molecule has 3 rings (SSSR count). The normalized spacial score (nSPS) is 16.3. The van der Waals surface area contributed by atoms with Crippen LogP contribution >= 0.6 is 0 Å². The van der Waals surface area contributed by atoms with Gasteiger partial charge in [-0.1, -0.05) is 36.8 Å². The summed E-state index contributed by atoms with van der Waals surface area (Å²) in [7, 11) is -3.44. The first-order chi connectivity index (χ1) is 13.9. The molecular weight excluding hydrogens is 391 g/mol. The number of hydrogen-bond acceptors (Lipinski definition) is 3. The molecule has 2 aromatic rings. The second-order valence-corrected chi connectivity index (χ2v) is 9.36. The Labute approximate surface area is 172 Å². The van der Waals surface area contributed by atoms with E-state index in [0.717, 1.165) is 24.8 Å². The average Bonchev–Trinajstić information content (AvgIpc) is 2.73. The van der Waals surface area contributed by atoms with Gasteiger partial charge in [0, 0.05) is 25.1 Å². The van der Waals surface area contributed by atoms with Crippen LogP contribution in [0.25, 0.3) is 0 Å². The molecule has 0 saturated carbocycles. The Kier molecular flexibility index (Phi) is 7.03. The maximum atomic E-state index is 13.8. The molecule has 1 aliphatic heterocycles. The number of sulfonamides is 1. The van der Waals surface area contributed by atoms with Gasteiger partial charge in [0.25, 0.3) is 0 Å². The van der Waals surface area contributed by atoms with Crippen LogP contribution in [0.2, 0.25) is 0 Å². The van der Waals surface area contributed by atoms with E-state index in [1.807, 2.05) is 0 Å². The van der Waals surface area contributed by atoms with E-state index in [1.54, 1.807) is 53.7 Å². The van der Waals surface area contributed by atoms with Crippen molar-refractivity contribution in [2.24, 2.45) is 0 Å². The van der Waals surface area contributed by atoms with Crippen molar-refractivity contribution < 1.29 is 17.6 Å². The molecule has 2 aromatic carbocycles. The summed E-state index contributed by atoms with van der Waals surface area (Å²) >= 11 is 0. The molecular formula is C22H27FN2O3S. The standard InChI is InChI=1S/C22H27FN2O3S/c1-17(20-7-3-4-8-21(20)23)24-22(26)14-11-18-9-12-19(13-10-18)29(27,28)25-15-5-2-6-16-25/h3-4,7-10,12-13,17H,2,5-6,11,14-16H2,1H3,(H,24,26)/t17-/m1/s1. The minimum Gasteiger partial charge on any atom is -0.349 e. The van der Waals surface area contributed by atoms with E-state index in [0.29, 0.717) is 30.0 Å². The first-order valence-electron chi connectivity index (χ1n) is 10.0. The van der Waals surface area contributed by atoms with Crippen molar-refractivity contribution in [1.29, 1.82) is 0 Å². The molecule has 0 aliphatic carbocycles. The topological polar surface area (TPSA) is 66.5 Å². The zero-order valence-corrected chi connectivity index (χ0v) is 17.4. The van der Waals surface area contributed by atoms with Crippen LogP contribution in [0.4, 0.5) is 4.39 Å². The number of aryl methyl sites for hydroxylation is 1. The van der Waals surface area contributed by atoms with Crippen molar-refractivity contribution in [3.63, 3.8) is 0 Å². The number of benzene rings is 2. The van der Waals surface area contributed by atoms with Gasteiger partial charge in [0.2, 0.25) is 15.9 Å². The molecule has 1 heterocycles. The third-order valence-electron chi connectivity index (χ3n) is 5.27. The number of piperidine rings is 1. The molecule has 29 heavy (non-hydrogen) atoms. The third-order valence-corrected chi connectivity index (χ3v) is 7.18. The van der Waals surface area contributed by atoms with E-state index in [-0.39, 0.29) is 18.1 Å². The molecule has 0 radical (unpaired) electrons. The molecule has 1 N–H and O–H groups in total. The summed E-state index contributed by atoms with van der Waals surface area (Å²) in [5.41, 5.74) is 1.34. The van der Waals surface area contributed by atoms with Gasteiger partial charge in [0.05, 0.1) is 10.9 Å². The van der Waals surface area contributed by atoms with E-state index >= 15 is 0 Å². The number of rotatable bonds is 7. The van der Waals surface area contributed by atoms with Gasteiger partial charge >= 0.3 is 0 Å². The summed E-state index contributed by atoms with van der Waals surface area (Å²) in [5.74, 6) is -0.517. The van der Waals surface area contributed by atoms with Gasteiger partial charge in [-0.15, -0.1) is 0 Å². The highest BCUT2D eigenvalue weighted by Crippen LogP contribution is 2.21. The van der Waals surface area contributed by atoms with Crippen LogP contribution in [0, 0.1) is 5.82 Å². The fourth-order valence-electron chi connectivity index (χ4n) is 3.56. The lowest BCUT2D eigenvalue weighted by atomic mass is 10.1. The molecule has 0 aromatic heterocycles. The zero-order chi connectivity index (χ0) is 20.9. The van der Waals surface area contributed by atoms with E-state index in [1.165, 1.54) is 6.07 Å². The van der Waals surface area contributed by atoms with Gasteiger partial charge < -0.3 is 5.32 Å². The Morgan fingerprint density at radius 2 is 1.72 bits per heavy atom. The molecule has 5 nitrogen and oxygen atoms in total. The zero-order valence-electron chi connectivity index (χ0n) is 16.6. The minimum atomic E-state index is -3.44. The van der Waals surface area contributed by atoms with Gasteiger partial charge in [-0.05, 0) is 49.9 Å². The fraction of sp³-hybridized carbons (Fsp3) is 0.409. The smallest absolute Gasteiger partial charge is 0.243 e. The number of carbonyl (C=O) groups is 1. The van der Waals surface area contributed by atoms with Gasteiger partial charge in [0.1, 0.15) is 5.82 Å². The number of amides is 1. The van der Waals surface area contributed by atoms with Gasteiger partial charge in [-0.25, -0.2) is 12.8 Å². The van der Waals surface area contributed by atoms with Crippen LogP contribution in [0.1, 0.15) is 49.8 Å². The monoisotopic (exact) mass is 418 g/mol. The Balaban J connectivity index is 1.54. The average molecular weight is 419 g/mol. The second-order valence-electron chi connectivity index (χ2n) is 7.42. The van der Waals surface area contributed by atoms with Crippen LogP contribution in [-0.2, 0) is 21.2 Å². The van der Waals surface area contributed by atoms with E-state index in [4.69, 9.17) is 0 Å². The third kappa shape index (κ3) is 5.42. The summed E-state index contributed by atoms with van der Waals surface area (Å²) in [6.45, 7) is 2.89. The molecule has 1 atom stereocenters. The largest absolute Gasteiger partial charge is 0.349 e. The predicted molar refractivity (Wildman–Crippen MR) is 110 cm³/mol. The van der Waals surface area contributed by atoms with Crippen LogP contribution in [0.5, 0.6) is 0 Å². The fourth-order valence-corrected chi connectivity index (χ4v) is 5.08. The van der Waals surface area contributed by atoms with Gasteiger partial charge in [0.15, 0.2) is 0 Å². The van der Waals surface area contributed by atoms with Crippen molar-refractivity contribution in [2.45, 2.75) is 50.0 Å². The Hall–Kier alpha value is -2.25. The maximum absolute atomic E-state index is 13.8. The highest BCUT2D eigenvalue weighted by Gasteiger charge is 2.25. The number of hydrogen-bond donors (Lipinski definition) is 1. The minimum absolute atomic E-state index is 0.175. The lowest BCUT2D eigenvalue weighted by molar-refractivity contribution is -0.121. The second kappa shape index (κ2) is 9.50. The van der Waals surface area contributed by atoms with E-state index < -0.39 is 16.1 Å². The summed E-state index contributed by atoms with van der Waals surface area (Å²) in [6, 6.07) is 12.7. The number of nitrogens with one attached hydrogen (secondary N) is 1. The lowest BCUT2D eigenvalue weighted by Crippen LogP contribution is -2.35. The van der Waals surface area contributed by atoms with Crippen molar-refractivity contribution in [2.75, 3.05) is 13.1 Å². The van der Waals surface area contributed by atoms with Crippen molar-refractivity contribution in [3.05, 3.63) is 65.5 Å². The predicted octanol–water partition coefficient (Wildman–Crippen LogP) is 3.81. The van der Waals surface area contributed by atoms with Crippen LogP contribution in [-0.4, -0.2) is 31.7 Å². The van der Waals surface area contributed by atoms with Crippen molar-refractivity contribution >= 4 is 15.9 Å².